The molecule has 1 aliphatic heterocycles. The van der Waals surface area contributed by atoms with Gasteiger partial charge >= 0.3 is 0 Å². The highest BCUT2D eigenvalue weighted by molar-refractivity contribution is 5.43. The van der Waals surface area contributed by atoms with Crippen LogP contribution in [0, 0.1) is 0 Å². The molecule has 1 fully saturated rings. The smallest absolute Gasteiger partial charge is 0.161 e. The minimum atomic E-state index is 0.117. The number of hydrogen-bond donors (Lipinski definition) is 1. The summed E-state index contributed by atoms with van der Waals surface area (Å²) in [5.41, 5.74) is 1.15. The van der Waals surface area contributed by atoms with Crippen molar-refractivity contribution in [3.05, 3.63) is 23.8 Å². The minimum absolute atomic E-state index is 0.117. The molecule has 0 aromatic heterocycles. The maximum atomic E-state index is 8.86. The standard InChI is InChI=1S/C15H22O4/c1-17-15-10-12(4-2-8-16)6-7-14(15)19-13-5-3-9-18-11-13/h6-7,10,13,16H,2-5,8-9,11H2,1H3. The van der Waals surface area contributed by atoms with E-state index in [9.17, 15) is 0 Å². The van der Waals surface area contributed by atoms with Crippen LogP contribution in [0.4, 0.5) is 0 Å². The summed E-state index contributed by atoms with van der Waals surface area (Å²) in [6.07, 6.45) is 3.79. The number of ether oxygens (including phenoxy) is 3. The van der Waals surface area contributed by atoms with Crippen molar-refractivity contribution in [1.82, 2.24) is 0 Å². The van der Waals surface area contributed by atoms with Gasteiger partial charge in [0.25, 0.3) is 0 Å². The highest BCUT2D eigenvalue weighted by Gasteiger charge is 2.17. The lowest BCUT2D eigenvalue weighted by Crippen LogP contribution is -2.28. The zero-order chi connectivity index (χ0) is 13.5. The summed E-state index contributed by atoms with van der Waals surface area (Å²) in [6, 6.07) is 5.95. The molecule has 0 aliphatic carbocycles. The Hall–Kier alpha value is -1.26. The zero-order valence-corrected chi connectivity index (χ0v) is 11.4. The van der Waals surface area contributed by atoms with Gasteiger partial charge in [0.15, 0.2) is 11.5 Å². The van der Waals surface area contributed by atoms with Crippen molar-refractivity contribution in [3.8, 4) is 11.5 Å². The van der Waals surface area contributed by atoms with E-state index in [2.05, 4.69) is 0 Å². The third-order valence-corrected chi connectivity index (χ3v) is 3.26. The van der Waals surface area contributed by atoms with Gasteiger partial charge in [0.05, 0.1) is 13.7 Å². The molecule has 0 amide bonds. The Morgan fingerprint density at radius 3 is 2.95 bits per heavy atom. The van der Waals surface area contributed by atoms with Crippen LogP contribution in [0.1, 0.15) is 24.8 Å². The predicted molar refractivity (Wildman–Crippen MR) is 72.9 cm³/mol. The van der Waals surface area contributed by atoms with E-state index in [1.807, 2.05) is 18.2 Å². The van der Waals surface area contributed by atoms with Gasteiger partial charge in [-0.2, -0.15) is 0 Å². The van der Waals surface area contributed by atoms with Gasteiger partial charge < -0.3 is 19.3 Å². The van der Waals surface area contributed by atoms with E-state index >= 15 is 0 Å². The first-order valence-corrected chi connectivity index (χ1v) is 6.85. The van der Waals surface area contributed by atoms with E-state index in [-0.39, 0.29) is 12.7 Å². The molecule has 1 aliphatic rings. The fourth-order valence-electron chi connectivity index (χ4n) is 2.23. The number of aliphatic hydroxyl groups excluding tert-OH is 1. The van der Waals surface area contributed by atoms with Crippen molar-refractivity contribution in [3.63, 3.8) is 0 Å². The van der Waals surface area contributed by atoms with Crippen LogP contribution >= 0.6 is 0 Å². The molecule has 1 aromatic carbocycles. The number of aryl methyl sites for hydroxylation is 1. The first-order valence-electron chi connectivity index (χ1n) is 6.85. The largest absolute Gasteiger partial charge is 0.493 e. The quantitative estimate of drug-likeness (QED) is 0.857. The Labute approximate surface area is 114 Å². The summed E-state index contributed by atoms with van der Waals surface area (Å²) in [5.74, 6) is 1.52. The van der Waals surface area contributed by atoms with Gasteiger partial charge in [0.2, 0.25) is 0 Å². The van der Waals surface area contributed by atoms with E-state index in [1.165, 1.54) is 0 Å². The molecule has 0 radical (unpaired) electrons. The lowest BCUT2D eigenvalue weighted by Gasteiger charge is -2.24. The van der Waals surface area contributed by atoms with E-state index < -0.39 is 0 Å². The highest BCUT2D eigenvalue weighted by atomic mass is 16.5. The molecule has 2 rings (SSSR count). The number of rotatable bonds is 6. The summed E-state index contributed by atoms with van der Waals surface area (Å²) in [7, 11) is 1.65. The molecule has 4 heteroatoms. The van der Waals surface area contributed by atoms with Crippen LogP contribution in [0.3, 0.4) is 0 Å². The Balaban J connectivity index is 2.02. The normalized spacial score (nSPS) is 19.2. The van der Waals surface area contributed by atoms with Crippen LogP contribution in [-0.4, -0.2) is 38.1 Å². The molecule has 1 unspecified atom stereocenters. The van der Waals surface area contributed by atoms with Gasteiger partial charge in [-0.1, -0.05) is 6.07 Å². The molecular formula is C15H22O4. The lowest BCUT2D eigenvalue weighted by molar-refractivity contribution is 0.00643. The SMILES string of the molecule is COc1cc(CCCO)ccc1OC1CCCOC1. The molecule has 0 bridgehead atoms. The molecule has 106 valence electrons. The highest BCUT2D eigenvalue weighted by Crippen LogP contribution is 2.30. The van der Waals surface area contributed by atoms with Crippen LogP contribution < -0.4 is 9.47 Å². The molecule has 1 N–H and O–H groups in total. The third-order valence-electron chi connectivity index (χ3n) is 3.26. The van der Waals surface area contributed by atoms with E-state index in [4.69, 9.17) is 19.3 Å². The van der Waals surface area contributed by atoms with Crippen molar-refractivity contribution >= 4 is 0 Å². The Morgan fingerprint density at radius 1 is 1.37 bits per heavy atom. The number of aliphatic hydroxyl groups is 1. The van der Waals surface area contributed by atoms with Gasteiger partial charge in [0, 0.05) is 13.2 Å². The first-order chi connectivity index (χ1) is 9.33. The van der Waals surface area contributed by atoms with Crippen LogP contribution in [0.2, 0.25) is 0 Å². The summed E-state index contributed by atoms with van der Waals surface area (Å²) >= 11 is 0. The maximum absolute atomic E-state index is 8.86. The van der Waals surface area contributed by atoms with E-state index in [1.54, 1.807) is 7.11 Å². The molecule has 0 spiro atoms. The van der Waals surface area contributed by atoms with E-state index in [0.717, 1.165) is 49.4 Å². The fraction of sp³-hybridized carbons (Fsp3) is 0.600. The fourth-order valence-corrected chi connectivity index (χ4v) is 2.23. The maximum Gasteiger partial charge on any atom is 0.161 e. The molecule has 1 aromatic rings. The predicted octanol–water partition coefficient (Wildman–Crippen LogP) is 2.18. The summed E-state index contributed by atoms with van der Waals surface area (Å²) in [5, 5.41) is 8.86. The average molecular weight is 266 g/mol. The molecular weight excluding hydrogens is 244 g/mol. The van der Waals surface area contributed by atoms with E-state index in [0.29, 0.717) is 6.61 Å². The van der Waals surface area contributed by atoms with Crippen LogP contribution in [0.25, 0.3) is 0 Å². The Morgan fingerprint density at radius 2 is 2.26 bits per heavy atom. The van der Waals surface area contributed by atoms with Crippen molar-refractivity contribution < 1.29 is 19.3 Å². The Kier molecular flexibility index (Phi) is 5.48. The van der Waals surface area contributed by atoms with Crippen molar-refractivity contribution in [2.45, 2.75) is 31.8 Å². The molecule has 19 heavy (non-hydrogen) atoms. The average Bonchev–Trinajstić information content (AvgIpc) is 2.47. The van der Waals surface area contributed by atoms with Crippen molar-refractivity contribution in [1.29, 1.82) is 0 Å². The van der Waals surface area contributed by atoms with Gasteiger partial charge in [-0.05, 0) is 43.4 Å². The second kappa shape index (κ2) is 7.36. The van der Waals surface area contributed by atoms with Gasteiger partial charge in [-0.25, -0.2) is 0 Å². The first kappa shape index (κ1) is 14.2. The zero-order valence-electron chi connectivity index (χ0n) is 11.4. The minimum Gasteiger partial charge on any atom is -0.493 e. The van der Waals surface area contributed by atoms with Gasteiger partial charge in [-0.3, -0.25) is 0 Å². The lowest BCUT2D eigenvalue weighted by atomic mass is 10.1. The second-order valence-electron chi connectivity index (χ2n) is 4.77. The Bertz CT molecular complexity index is 386. The second-order valence-corrected chi connectivity index (χ2v) is 4.77. The monoisotopic (exact) mass is 266 g/mol. The molecule has 4 nitrogen and oxygen atoms in total. The topological polar surface area (TPSA) is 47.9 Å². The third kappa shape index (κ3) is 4.11. The van der Waals surface area contributed by atoms with Crippen LogP contribution in [0.15, 0.2) is 18.2 Å². The number of methoxy groups -OCH3 is 1. The number of hydrogen-bond acceptors (Lipinski definition) is 4. The molecule has 1 saturated heterocycles. The molecule has 1 atom stereocenters. The van der Waals surface area contributed by atoms with Gasteiger partial charge in [-0.15, -0.1) is 0 Å². The summed E-state index contributed by atoms with van der Waals surface area (Å²) in [6.45, 7) is 1.69. The van der Waals surface area contributed by atoms with Crippen LogP contribution in [-0.2, 0) is 11.2 Å². The van der Waals surface area contributed by atoms with Crippen molar-refractivity contribution in [2.75, 3.05) is 26.9 Å². The van der Waals surface area contributed by atoms with Gasteiger partial charge in [0.1, 0.15) is 6.10 Å². The summed E-state index contributed by atoms with van der Waals surface area (Å²) in [4.78, 5) is 0. The number of benzene rings is 1. The summed E-state index contributed by atoms with van der Waals surface area (Å²) < 4.78 is 16.7. The van der Waals surface area contributed by atoms with Crippen molar-refractivity contribution in [2.24, 2.45) is 0 Å². The molecule has 1 heterocycles. The molecule has 0 saturated carbocycles. The van der Waals surface area contributed by atoms with Crippen LogP contribution in [0.5, 0.6) is 11.5 Å².